The molecule has 7 nitrogen and oxygen atoms in total. The lowest BCUT2D eigenvalue weighted by Gasteiger charge is -2.32. The smallest absolute Gasteiger partial charge is 0.342 e. The van der Waals surface area contributed by atoms with Crippen molar-refractivity contribution < 1.29 is 27.8 Å². The Labute approximate surface area is 194 Å². The Morgan fingerprint density at radius 2 is 2.06 bits per heavy atom. The third kappa shape index (κ3) is 3.66. The zero-order chi connectivity index (χ0) is 24.0. The standard InChI is InChI=1S/C25H23F2N3O4/c1-14(2)34-24(32)17-12-30(23(31)15-6-7-18(26)19(27)11-15)13-25(8-4-10-33-25)20-16-5-3-9-28-22(16)29-21(17)20/h3,5-7,9,11-12,14H,4,8,10,13H2,1-2H3,(H,28,29). The summed E-state index contributed by atoms with van der Waals surface area (Å²) in [6.07, 6.45) is 4.01. The first-order chi connectivity index (χ1) is 16.3. The van der Waals surface area contributed by atoms with E-state index < -0.39 is 35.2 Å². The van der Waals surface area contributed by atoms with Gasteiger partial charge in [-0.25, -0.2) is 18.6 Å². The fourth-order valence-electron chi connectivity index (χ4n) is 4.69. The molecule has 0 saturated carbocycles. The van der Waals surface area contributed by atoms with Gasteiger partial charge in [0.2, 0.25) is 0 Å². The number of nitrogens with zero attached hydrogens (tertiary/aromatic N) is 2. The number of halogens is 2. The summed E-state index contributed by atoms with van der Waals surface area (Å²) in [6, 6.07) is 6.65. The average molecular weight is 467 g/mol. The fraction of sp³-hybridized carbons (Fsp3) is 0.320. The van der Waals surface area contributed by atoms with Gasteiger partial charge in [-0.05, 0) is 57.0 Å². The van der Waals surface area contributed by atoms with Crippen LogP contribution in [-0.2, 0) is 19.9 Å². The lowest BCUT2D eigenvalue weighted by molar-refractivity contribution is -0.140. The predicted molar refractivity (Wildman–Crippen MR) is 120 cm³/mol. The number of nitrogens with one attached hydrogen (secondary N) is 1. The Bertz CT molecular complexity index is 1320. The number of carbonyl (C=O) groups is 2. The molecule has 0 radical (unpaired) electrons. The van der Waals surface area contributed by atoms with Crippen molar-refractivity contribution in [3.05, 3.63) is 71.2 Å². The maximum atomic E-state index is 13.9. The van der Waals surface area contributed by atoms with Gasteiger partial charge in [0.25, 0.3) is 5.91 Å². The summed E-state index contributed by atoms with van der Waals surface area (Å²) < 4.78 is 39.1. The molecule has 1 saturated heterocycles. The van der Waals surface area contributed by atoms with Crippen LogP contribution in [-0.4, -0.2) is 46.0 Å². The van der Waals surface area contributed by atoms with Crippen LogP contribution in [0.5, 0.6) is 0 Å². The molecule has 1 atom stereocenters. The van der Waals surface area contributed by atoms with Crippen LogP contribution in [0.25, 0.3) is 16.6 Å². The van der Waals surface area contributed by atoms with Gasteiger partial charge in [0.05, 0.1) is 23.9 Å². The summed E-state index contributed by atoms with van der Waals surface area (Å²) in [6.45, 7) is 4.02. The van der Waals surface area contributed by atoms with E-state index in [4.69, 9.17) is 9.47 Å². The van der Waals surface area contributed by atoms with Crippen molar-refractivity contribution >= 4 is 28.5 Å². The normalized spacial score (nSPS) is 19.9. The van der Waals surface area contributed by atoms with Gasteiger partial charge < -0.3 is 19.4 Å². The van der Waals surface area contributed by atoms with Crippen LogP contribution in [0.1, 0.15) is 48.3 Å². The molecule has 4 heterocycles. The summed E-state index contributed by atoms with van der Waals surface area (Å²) in [5.74, 6) is -3.39. The number of esters is 1. The van der Waals surface area contributed by atoms with Crippen molar-refractivity contribution in [3.8, 4) is 0 Å². The van der Waals surface area contributed by atoms with Crippen LogP contribution in [0.15, 0.2) is 42.7 Å². The zero-order valence-electron chi connectivity index (χ0n) is 18.7. The molecular weight excluding hydrogens is 444 g/mol. The van der Waals surface area contributed by atoms with Gasteiger partial charge in [-0.2, -0.15) is 0 Å². The molecule has 1 spiro atoms. The number of aromatic nitrogens is 2. The number of rotatable bonds is 3. The van der Waals surface area contributed by atoms with Crippen molar-refractivity contribution in [1.82, 2.24) is 14.9 Å². The van der Waals surface area contributed by atoms with Crippen LogP contribution < -0.4 is 0 Å². The van der Waals surface area contributed by atoms with Crippen molar-refractivity contribution in [1.29, 1.82) is 0 Å². The highest BCUT2D eigenvalue weighted by molar-refractivity contribution is 6.18. The number of H-pyrrole nitrogens is 1. The number of fused-ring (bicyclic) bond motifs is 4. The third-order valence-corrected chi connectivity index (χ3v) is 6.10. The first-order valence-electron chi connectivity index (χ1n) is 11.1. The zero-order valence-corrected chi connectivity index (χ0v) is 18.7. The molecule has 1 N–H and O–H groups in total. The lowest BCUT2D eigenvalue weighted by Crippen LogP contribution is -2.40. The molecule has 1 unspecified atom stereocenters. The first kappa shape index (κ1) is 22.2. The molecule has 1 amide bonds. The average Bonchev–Trinajstić information content (AvgIpc) is 3.39. The molecular formula is C25H23F2N3O4. The number of hydrogen-bond acceptors (Lipinski definition) is 5. The highest BCUT2D eigenvalue weighted by Crippen LogP contribution is 2.46. The molecule has 176 valence electrons. The van der Waals surface area contributed by atoms with Gasteiger partial charge in [-0.1, -0.05) is 0 Å². The summed E-state index contributed by atoms with van der Waals surface area (Å²) in [5, 5.41) is 0.782. The van der Waals surface area contributed by atoms with E-state index in [0.717, 1.165) is 29.5 Å². The van der Waals surface area contributed by atoms with Crippen LogP contribution in [0, 0.1) is 11.6 Å². The maximum absolute atomic E-state index is 13.9. The number of amides is 1. The molecule has 34 heavy (non-hydrogen) atoms. The summed E-state index contributed by atoms with van der Waals surface area (Å²) in [7, 11) is 0. The van der Waals surface area contributed by atoms with E-state index in [-0.39, 0.29) is 17.7 Å². The Morgan fingerprint density at radius 3 is 2.76 bits per heavy atom. The van der Waals surface area contributed by atoms with E-state index in [0.29, 0.717) is 24.4 Å². The number of aromatic amines is 1. The van der Waals surface area contributed by atoms with E-state index >= 15 is 0 Å². The van der Waals surface area contributed by atoms with Crippen LogP contribution in [0.4, 0.5) is 8.78 Å². The van der Waals surface area contributed by atoms with Gasteiger partial charge in [0.15, 0.2) is 11.6 Å². The molecule has 1 aromatic carbocycles. The second kappa shape index (κ2) is 8.32. The van der Waals surface area contributed by atoms with Gasteiger partial charge in [-0.15, -0.1) is 0 Å². The third-order valence-electron chi connectivity index (χ3n) is 6.10. The topological polar surface area (TPSA) is 84.5 Å². The van der Waals surface area contributed by atoms with E-state index in [2.05, 4.69) is 9.97 Å². The molecule has 3 aromatic rings. The van der Waals surface area contributed by atoms with Crippen LogP contribution >= 0.6 is 0 Å². The molecule has 2 aliphatic rings. The molecule has 2 aliphatic heterocycles. The maximum Gasteiger partial charge on any atom is 0.342 e. The molecule has 1 fully saturated rings. The quantitative estimate of drug-likeness (QED) is 0.581. The summed E-state index contributed by atoms with van der Waals surface area (Å²) >= 11 is 0. The minimum absolute atomic E-state index is 0.0445. The fourth-order valence-corrected chi connectivity index (χ4v) is 4.69. The largest absolute Gasteiger partial charge is 0.459 e. The predicted octanol–water partition coefficient (Wildman–Crippen LogP) is 4.30. The van der Waals surface area contributed by atoms with Crippen molar-refractivity contribution in [3.63, 3.8) is 0 Å². The second-order valence-corrected chi connectivity index (χ2v) is 8.78. The van der Waals surface area contributed by atoms with Gasteiger partial charge >= 0.3 is 5.97 Å². The second-order valence-electron chi connectivity index (χ2n) is 8.78. The number of pyridine rings is 1. The van der Waals surface area contributed by atoms with E-state index in [1.807, 2.05) is 6.07 Å². The Hall–Kier alpha value is -3.59. The molecule has 9 heteroatoms. The Balaban J connectivity index is 1.70. The van der Waals surface area contributed by atoms with Gasteiger partial charge in [-0.3, -0.25) is 4.79 Å². The monoisotopic (exact) mass is 467 g/mol. The van der Waals surface area contributed by atoms with Crippen LogP contribution in [0.2, 0.25) is 0 Å². The molecule has 5 rings (SSSR count). The van der Waals surface area contributed by atoms with E-state index in [9.17, 15) is 18.4 Å². The van der Waals surface area contributed by atoms with Crippen molar-refractivity contribution in [2.24, 2.45) is 0 Å². The molecule has 0 aliphatic carbocycles. The number of carbonyl (C=O) groups excluding carboxylic acids is 2. The Morgan fingerprint density at radius 1 is 1.24 bits per heavy atom. The lowest BCUT2D eigenvalue weighted by atomic mass is 9.87. The number of ether oxygens (including phenoxy) is 2. The highest BCUT2D eigenvalue weighted by Gasteiger charge is 2.46. The van der Waals surface area contributed by atoms with Crippen LogP contribution in [0.3, 0.4) is 0 Å². The number of hydrogen-bond donors (Lipinski definition) is 1. The minimum atomic E-state index is -1.13. The number of benzene rings is 1. The van der Waals surface area contributed by atoms with E-state index in [1.165, 1.54) is 17.2 Å². The van der Waals surface area contributed by atoms with E-state index in [1.54, 1.807) is 26.1 Å². The van der Waals surface area contributed by atoms with Gasteiger partial charge in [0, 0.05) is 35.5 Å². The minimum Gasteiger partial charge on any atom is -0.459 e. The van der Waals surface area contributed by atoms with Gasteiger partial charge in [0.1, 0.15) is 11.2 Å². The van der Waals surface area contributed by atoms with Crippen molar-refractivity contribution in [2.75, 3.05) is 13.2 Å². The summed E-state index contributed by atoms with van der Waals surface area (Å²) in [4.78, 5) is 35.6. The first-order valence-corrected chi connectivity index (χ1v) is 11.1. The Kier molecular flexibility index (Phi) is 5.44. The molecule has 0 bridgehead atoms. The molecule has 2 aromatic heterocycles. The SMILES string of the molecule is CC(C)OC(=O)C1=CN(C(=O)c2ccc(F)c(F)c2)CC2(CCCO2)c2c1[nH]c1ncccc21. The highest BCUT2D eigenvalue weighted by atomic mass is 19.2. The summed E-state index contributed by atoms with van der Waals surface area (Å²) in [5.41, 5.74) is 0.969. The van der Waals surface area contributed by atoms with Crippen molar-refractivity contribution in [2.45, 2.75) is 38.4 Å².